The van der Waals surface area contributed by atoms with Crippen molar-refractivity contribution < 1.29 is 9.90 Å². The number of aryl methyl sites for hydroxylation is 1. The molecule has 0 saturated carbocycles. The fraction of sp³-hybridized carbons (Fsp3) is 0.0714. The number of benzene rings is 2. The van der Waals surface area contributed by atoms with Gasteiger partial charge >= 0.3 is 5.97 Å². The van der Waals surface area contributed by atoms with Gasteiger partial charge in [-0.05, 0) is 48.9 Å². The maximum absolute atomic E-state index is 10.7. The summed E-state index contributed by atoms with van der Waals surface area (Å²) >= 11 is 6.10. The van der Waals surface area contributed by atoms with E-state index in [1.807, 2.05) is 25.1 Å². The van der Waals surface area contributed by atoms with Gasteiger partial charge in [-0.2, -0.15) is 0 Å². The Balaban J connectivity index is 2.21. The lowest BCUT2D eigenvalue weighted by Crippen LogP contribution is -1.97. The molecular formula is C14H12ClNO2. The third-order valence-corrected chi connectivity index (χ3v) is 2.85. The van der Waals surface area contributed by atoms with Crippen LogP contribution in [-0.2, 0) is 0 Å². The molecule has 0 aromatic heterocycles. The van der Waals surface area contributed by atoms with Crippen molar-refractivity contribution in [1.82, 2.24) is 0 Å². The number of nitrogens with one attached hydrogen (secondary N) is 1. The van der Waals surface area contributed by atoms with Crippen LogP contribution in [-0.4, -0.2) is 11.1 Å². The van der Waals surface area contributed by atoms with Gasteiger partial charge in [0.15, 0.2) is 0 Å². The Bertz CT molecular complexity index is 579. The maximum atomic E-state index is 10.7. The fourth-order valence-electron chi connectivity index (χ4n) is 1.57. The van der Waals surface area contributed by atoms with Gasteiger partial charge in [0.2, 0.25) is 0 Å². The predicted molar refractivity (Wildman–Crippen MR) is 72.9 cm³/mol. The topological polar surface area (TPSA) is 49.3 Å². The first kappa shape index (κ1) is 12.5. The van der Waals surface area contributed by atoms with Gasteiger partial charge in [-0.25, -0.2) is 4.79 Å². The molecule has 0 spiro atoms. The zero-order valence-electron chi connectivity index (χ0n) is 9.77. The van der Waals surface area contributed by atoms with E-state index >= 15 is 0 Å². The van der Waals surface area contributed by atoms with Crippen molar-refractivity contribution in [2.45, 2.75) is 6.92 Å². The summed E-state index contributed by atoms with van der Waals surface area (Å²) in [5.41, 5.74) is 2.94. The van der Waals surface area contributed by atoms with Gasteiger partial charge in [0.05, 0.1) is 16.3 Å². The number of anilines is 2. The molecule has 2 aromatic carbocycles. The van der Waals surface area contributed by atoms with Gasteiger partial charge in [0, 0.05) is 5.69 Å². The highest BCUT2D eigenvalue weighted by Crippen LogP contribution is 2.26. The molecule has 2 N–H and O–H groups in total. The summed E-state index contributed by atoms with van der Waals surface area (Å²) in [6.45, 7) is 1.97. The monoisotopic (exact) mass is 261 g/mol. The number of hydrogen-bond donors (Lipinski definition) is 2. The minimum Gasteiger partial charge on any atom is -0.478 e. The molecule has 0 amide bonds. The van der Waals surface area contributed by atoms with Crippen molar-refractivity contribution in [3.63, 3.8) is 0 Å². The van der Waals surface area contributed by atoms with Crippen molar-refractivity contribution >= 4 is 28.9 Å². The van der Waals surface area contributed by atoms with E-state index in [2.05, 4.69) is 5.32 Å². The summed E-state index contributed by atoms with van der Waals surface area (Å²) < 4.78 is 0. The standard InChI is InChI=1S/C14H12ClNO2/c1-9-2-7-13(12(15)8-9)16-11-5-3-10(4-6-11)14(17)18/h2-8,16H,1H3,(H,17,18). The van der Waals surface area contributed by atoms with Gasteiger partial charge in [-0.3, -0.25) is 0 Å². The largest absolute Gasteiger partial charge is 0.478 e. The smallest absolute Gasteiger partial charge is 0.335 e. The summed E-state index contributed by atoms with van der Waals surface area (Å²) in [7, 11) is 0. The van der Waals surface area contributed by atoms with Crippen molar-refractivity contribution in [3.8, 4) is 0 Å². The van der Waals surface area contributed by atoms with E-state index in [4.69, 9.17) is 16.7 Å². The molecule has 0 aliphatic heterocycles. The molecule has 18 heavy (non-hydrogen) atoms. The number of carbonyl (C=O) groups is 1. The Hall–Kier alpha value is -2.00. The van der Waals surface area contributed by atoms with Crippen LogP contribution < -0.4 is 5.32 Å². The molecule has 3 nitrogen and oxygen atoms in total. The lowest BCUT2D eigenvalue weighted by atomic mass is 10.2. The first-order chi connectivity index (χ1) is 8.56. The summed E-state index contributed by atoms with van der Waals surface area (Å²) in [5.74, 6) is -0.935. The minimum atomic E-state index is -0.935. The zero-order valence-corrected chi connectivity index (χ0v) is 10.5. The Morgan fingerprint density at radius 2 is 1.83 bits per heavy atom. The van der Waals surface area contributed by atoms with Gasteiger partial charge in [0.1, 0.15) is 0 Å². The second kappa shape index (κ2) is 5.10. The van der Waals surface area contributed by atoms with Crippen LogP contribution in [0.15, 0.2) is 42.5 Å². The average molecular weight is 262 g/mol. The van der Waals surface area contributed by atoms with E-state index < -0.39 is 5.97 Å². The third-order valence-electron chi connectivity index (χ3n) is 2.54. The van der Waals surface area contributed by atoms with E-state index in [0.717, 1.165) is 16.9 Å². The van der Waals surface area contributed by atoms with E-state index in [-0.39, 0.29) is 5.56 Å². The van der Waals surface area contributed by atoms with Crippen LogP contribution >= 0.6 is 11.6 Å². The molecule has 0 heterocycles. The lowest BCUT2D eigenvalue weighted by Gasteiger charge is -2.09. The third kappa shape index (κ3) is 2.81. The van der Waals surface area contributed by atoms with Crippen LogP contribution in [0.1, 0.15) is 15.9 Å². The van der Waals surface area contributed by atoms with Gasteiger partial charge in [0.25, 0.3) is 0 Å². The number of hydrogen-bond acceptors (Lipinski definition) is 2. The quantitative estimate of drug-likeness (QED) is 0.875. The second-order valence-corrected chi connectivity index (χ2v) is 4.40. The number of carboxylic acid groups (broad SMARTS) is 1. The average Bonchev–Trinajstić information content (AvgIpc) is 2.33. The first-order valence-electron chi connectivity index (χ1n) is 5.43. The summed E-state index contributed by atoms with van der Waals surface area (Å²) in [6.07, 6.45) is 0. The van der Waals surface area contributed by atoms with E-state index in [0.29, 0.717) is 5.02 Å². The van der Waals surface area contributed by atoms with Crippen molar-refractivity contribution in [2.24, 2.45) is 0 Å². The number of halogens is 1. The Morgan fingerprint density at radius 3 is 2.39 bits per heavy atom. The van der Waals surface area contributed by atoms with Crippen LogP contribution in [0.3, 0.4) is 0 Å². The molecule has 0 saturated heterocycles. The molecule has 0 aliphatic rings. The highest BCUT2D eigenvalue weighted by atomic mass is 35.5. The number of carboxylic acids is 1. The molecular weight excluding hydrogens is 250 g/mol. The molecule has 92 valence electrons. The van der Waals surface area contributed by atoms with Crippen molar-refractivity contribution in [2.75, 3.05) is 5.32 Å². The maximum Gasteiger partial charge on any atom is 0.335 e. The summed E-state index contributed by atoms with van der Waals surface area (Å²) in [5, 5.41) is 12.6. The zero-order chi connectivity index (χ0) is 13.1. The molecule has 0 bridgehead atoms. The molecule has 0 atom stereocenters. The lowest BCUT2D eigenvalue weighted by molar-refractivity contribution is 0.0697. The molecule has 0 fully saturated rings. The van der Waals surface area contributed by atoms with E-state index in [1.165, 1.54) is 0 Å². The highest BCUT2D eigenvalue weighted by Gasteiger charge is 2.03. The van der Waals surface area contributed by atoms with Crippen molar-refractivity contribution in [1.29, 1.82) is 0 Å². The Kier molecular flexibility index (Phi) is 3.53. The van der Waals surface area contributed by atoms with Gasteiger partial charge < -0.3 is 10.4 Å². The number of rotatable bonds is 3. The first-order valence-corrected chi connectivity index (χ1v) is 5.80. The SMILES string of the molecule is Cc1ccc(Nc2ccc(C(=O)O)cc2)c(Cl)c1. The minimum absolute atomic E-state index is 0.260. The van der Waals surface area contributed by atoms with Gasteiger partial charge in [-0.1, -0.05) is 17.7 Å². The van der Waals surface area contributed by atoms with Crippen molar-refractivity contribution in [3.05, 3.63) is 58.6 Å². The Morgan fingerprint density at radius 1 is 1.17 bits per heavy atom. The van der Waals surface area contributed by atoms with Crippen LogP contribution in [0, 0.1) is 6.92 Å². The highest BCUT2D eigenvalue weighted by molar-refractivity contribution is 6.33. The molecule has 2 rings (SSSR count). The summed E-state index contributed by atoms with van der Waals surface area (Å²) in [4.78, 5) is 10.7. The van der Waals surface area contributed by atoms with E-state index in [1.54, 1.807) is 24.3 Å². The van der Waals surface area contributed by atoms with E-state index in [9.17, 15) is 4.79 Å². The second-order valence-electron chi connectivity index (χ2n) is 3.99. The number of aromatic carboxylic acids is 1. The normalized spacial score (nSPS) is 10.1. The van der Waals surface area contributed by atoms with Gasteiger partial charge in [-0.15, -0.1) is 0 Å². The molecule has 0 radical (unpaired) electrons. The molecule has 4 heteroatoms. The predicted octanol–water partition coefficient (Wildman–Crippen LogP) is 4.09. The molecule has 2 aromatic rings. The fourth-order valence-corrected chi connectivity index (χ4v) is 1.86. The Labute approximate surface area is 110 Å². The summed E-state index contributed by atoms with van der Waals surface area (Å²) in [6, 6.07) is 12.2. The van der Waals surface area contributed by atoms with Crippen LogP contribution in [0.4, 0.5) is 11.4 Å². The molecule has 0 unspecified atom stereocenters. The molecule has 0 aliphatic carbocycles. The van der Waals surface area contributed by atoms with Crippen LogP contribution in [0.2, 0.25) is 5.02 Å². The van der Waals surface area contributed by atoms with Crippen LogP contribution in [0.5, 0.6) is 0 Å². The van der Waals surface area contributed by atoms with Crippen LogP contribution in [0.25, 0.3) is 0 Å².